The lowest BCUT2D eigenvalue weighted by Crippen LogP contribution is -2.30. The Morgan fingerprint density at radius 1 is 0.525 bits per heavy atom. The number of benzene rings is 4. The van der Waals surface area contributed by atoms with Gasteiger partial charge >= 0.3 is 0 Å². The van der Waals surface area contributed by atoms with Gasteiger partial charge in [-0.2, -0.15) is 0 Å². The third-order valence-corrected chi connectivity index (χ3v) is 8.32. The molecule has 1 saturated carbocycles. The number of anilines is 2. The lowest BCUT2D eigenvalue weighted by Gasteiger charge is -2.38. The van der Waals surface area contributed by atoms with E-state index in [1.54, 1.807) is 0 Å². The smallest absolute Gasteiger partial charge is 0.275 e. The molecule has 0 unspecified atom stereocenters. The first-order valence-corrected chi connectivity index (χ1v) is 13.8. The molecule has 0 radical (unpaired) electrons. The van der Waals surface area contributed by atoms with Crippen LogP contribution in [0.15, 0.2) is 107 Å². The molecule has 7 rings (SSSR count). The average molecular weight is 525 g/mol. The van der Waals surface area contributed by atoms with Crippen LogP contribution in [-0.2, 0) is 15.0 Å². The molecule has 1 aliphatic carbocycles. The molecule has 0 bridgehead atoms. The largest absolute Gasteiger partial charge is 0.320 e. The van der Waals surface area contributed by atoms with E-state index >= 15 is 0 Å². The summed E-state index contributed by atoms with van der Waals surface area (Å²) in [6, 6.07) is 32.0. The molecule has 6 heteroatoms. The van der Waals surface area contributed by atoms with E-state index in [1.807, 2.05) is 72.8 Å². The zero-order chi connectivity index (χ0) is 27.1. The minimum Gasteiger partial charge on any atom is -0.320 e. The molecule has 0 spiro atoms. The number of hydrogen-bond donors (Lipinski definition) is 2. The molecule has 4 aromatic rings. The van der Waals surface area contributed by atoms with Gasteiger partial charge in [-0.15, -0.1) is 0 Å². The summed E-state index contributed by atoms with van der Waals surface area (Å²) in [6.07, 6.45) is 5.72. The second kappa shape index (κ2) is 9.72. The summed E-state index contributed by atoms with van der Waals surface area (Å²) in [6.45, 7) is 0. The van der Waals surface area contributed by atoms with Crippen molar-refractivity contribution in [3.05, 3.63) is 119 Å². The van der Waals surface area contributed by atoms with Crippen molar-refractivity contribution in [2.24, 2.45) is 9.98 Å². The number of aliphatic imine (C=N–C) groups is 2. The number of amides is 2. The van der Waals surface area contributed by atoms with Gasteiger partial charge < -0.3 is 10.6 Å². The summed E-state index contributed by atoms with van der Waals surface area (Å²) < 4.78 is 0. The van der Waals surface area contributed by atoms with Crippen LogP contribution in [0.5, 0.6) is 0 Å². The zero-order valence-electron chi connectivity index (χ0n) is 22.0. The van der Waals surface area contributed by atoms with Crippen LogP contribution in [0.25, 0.3) is 0 Å². The molecule has 2 aliphatic heterocycles. The number of nitrogens with zero attached hydrogens (tertiary/aromatic N) is 2. The van der Waals surface area contributed by atoms with Gasteiger partial charge in [0.2, 0.25) is 0 Å². The number of hydrogen-bond acceptors (Lipinski definition) is 4. The molecular formula is C34H28N4O2. The normalized spacial score (nSPS) is 19.3. The Morgan fingerprint density at radius 3 is 1.40 bits per heavy atom. The molecule has 196 valence electrons. The van der Waals surface area contributed by atoms with Gasteiger partial charge in [0.25, 0.3) is 11.8 Å². The maximum Gasteiger partial charge on any atom is 0.275 e. The van der Waals surface area contributed by atoms with Crippen LogP contribution in [0.2, 0.25) is 0 Å². The third kappa shape index (κ3) is 4.13. The van der Waals surface area contributed by atoms with E-state index in [1.165, 1.54) is 30.4 Å². The van der Waals surface area contributed by atoms with Crippen LogP contribution in [-0.4, -0.2) is 23.2 Å². The van der Waals surface area contributed by atoms with E-state index < -0.39 is 0 Å². The fraction of sp³-hybridized carbons (Fsp3) is 0.176. The minimum absolute atomic E-state index is 0.0930. The van der Waals surface area contributed by atoms with Crippen molar-refractivity contribution in [3.63, 3.8) is 0 Å². The van der Waals surface area contributed by atoms with Gasteiger partial charge in [0.1, 0.15) is 11.4 Å². The number of rotatable bonds is 4. The van der Waals surface area contributed by atoms with Gasteiger partial charge in [0, 0.05) is 16.5 Å². The first kappa shape index (κ1) is 24.2. The zero-order valence-corrected chi connectivity index (χ0v) is 22.0. The molecule has 0 saturated heterocycles. The molecule has 1 fully saturated rings. The highest BCUT2D eigenvalue weighted by molar-refractivity contribution is 6.54. The van der Waals surface area contributed by atoms with Gasteiger partial charge in [0.15, 0.2) is 0 Å². The van der Waals surface area contributed by atoms with E-state index in [-0.39, 0.29) is 17.2 Å². The Labute approximate surface area is 232 Å². The summed E-state index contributed by atoms with van der Waals surface area (Å²) in [5.41, 5.74) is 8.13. The van der Waals surface area contributed by atoms with Gasteiger partial charge in [-0.3, -0.25) is 9.59 Å². The van der Waals surface area contributed by atoms with E-state index in [0.717, 1.165) is 46.7 Å². The molecule has 2 heterocycles. The van der Waals surface area contributed by atoms with Gasteiger partial charge in [-0.25, -0.2) is 9.98 Å². The molecule has 40 heavy (non-hydrogen) atoms. The number of carbonyl (C=O) groups is 2. The number of para-hydroxylation sites is 2. The highest BCUT2D eigenvalue weighted by Gasteiger charge is 2.36. The Morgan fingerprint density at radius 2 is 0.950 bits per heavy atom. The summed E-state index contributed by atoms with van der Waals surface area (Å²) in [4.78, 5) is 34.5. The van der Waals surface area contributed by atoms with E-state index in [0.29, 0.717) is 11.4 Å². The SMILES string of the molecule is O=C1Nc2ccccc2C1=Nc1ccc(C2(c3ccc(N=C4C(=O)Nc5ccccc54)cc3)CCCCC2)cc1. The van der Waals surface area contributed by atoms with Gasteiger partial charge in [-0.1, -0.05) is 79.9 Å². The second-order valence-corrected chi connectivity index (χ2v) is 10.7. The topological polar surface area (TPSA) is 82.9 Å². The van der Waals surface area contributed by atoms with Crippen LogP contribution in [0, 0.1) is 0 Å². The summed E-state index contributed by atoms with van der Waals surface area (Å²) in [5, 5.41) is 5.78. The maximum absolute atomic E-state index is 12.5. The average Bonchev–Trinajstić information content (AvgIpc) is 3.49. The molecule has 6 nitrogen and oxygen atoms in total. The first-order chi connectivity index (χ1) is 19.6. The second-order valence-electron chi connectivity index (χ2n) is 10.7. The van der Waals surface area contributed by atoms with Crippen molar-refractivity contribution < 1.29 is 9.59 Å². The van der Waals surface area contributed by atoms with E-state index in [9.17, 15) is 9.59 Å². The predicted octanol–water partition coefficient (Wildman–Crippen LogP) is 7.08. The van der Waals surface area contributed by atoms with Gasteiger partial charge in [-0.05, 0) is 60.4 Å². The predicted molar refractivity (Wildman–Crippen MR) is 159 cm³/mol. The first-order valence-electron chi connectivity index (χ1n) is 13.8. The molecule has 3 aliphatic rings. The summed E-state index contributed by atoms with van der Waals surface area (Å²) >= 11 is 0. The molecule has 2 N–H and O–H groups in total. The third-order valence-electron chi connectivity index (χ3n) is 8.32. The van der Waals surface area contributed by atoms with Crippen molar-refractivity contribution in [2.45, 2.75) is 37.5 Å². The Kier molecular flexibility index (Phi) is 5.89. The lowest BCUT2D eigenvalue weighted by atomic mass is 9.65. The van der Waals surface area contributed by atoms with Crippen molar-refractivity contribution in [3.8, 4) is 0 Å². The fourth-order valence-electron chi connectivity index (χ4n) is 6.29. The van der Waals surface area contributed by atoms with Crippen LogP contribution < -0.4 is 10.6 Å². The van der Waals surface area contributed by atoms with Crippen LogP contribution in [0.3, 0.4) is 0 Å². The Bertz CT molecular complexity index is 1570. The van der Waals surface area contributed by atoms with Crippen molar-refractivity contribution in [1.82, 2.24) is 0 Å². The van der Waals surface area contributed by atoms with Crippen LogP contribution >= 0.6 is 0 Å². The molecule has 0 atom stereocenters. The highest BCUT2D eigenvalue weighted by Crippen LogP contribution is 2.45. The maximum atomic E-state index is 12.5. The quantitative estimate of drug-likeness (QED) is 0.299. The van der Waals surface area contributed by atoms with Crippen LogP contribution in [0.1, 0.15) is 54.4 Å². The molecule has 2 amide bonds. The van der Waals surface area contributed by atoms with Crippen molar-refractivity contribution in [2.75, 3.05) is 10.6 Å². The number of nitrogens with one attached hydrogen (secondary N) is 2. The monoisotopic (exact) mass is 524 g/mol. The highest BCUT2D eigenvalue weighted by atomic mass is 16.2. The summed E-state index contributed by atoms with van der Waals surface area (Å²) in [5.74, 6) is -0.340. The van der Waals surface area contributed by atoms with E-state index in [4.69, 9.17) is 9.98 Å². The van der Waals surface area contributed by atoms with Gasteiger partial charge in [0.05, 0.1) is 22.7 Å². The van der Waals surface area contributed by atoms with E-state index in [2.05, 4.69) is 34.9 Å². The Hall–Kier alpha value is -4.84. The molecule has 0 aromatic heterocycles. The summed E-state index contributed by atoms with van der Waals surface area (Å²) in [7, 11) is 0. The standard InChI is InChI=1S/C34H28N4O2/c39-32-30(26-8-2-4-10-28(26)37-32)35-24-16-12-22(13-17-24)34(20-6-1-7-21-34)23-14-18-25(19-15-23)36-31-27-9-3-5-11-29(27)38-33(31)40/h2-5,8-19H,1,6-7,20-21H2,(H,35,37,39)(H,36,38,40). The lowest BCUT2D eigenvalue weighted by molar-refractivity contribution is -0.110. The van der Waals surface area contributed by atoms with Crippen molar-refractivity contribution >= 4 is 46.0 Å². The van der Waals surface area contributed by atoms with Crippen LogP contribution in [0.4, 0.5) is 22.7 Å². The fourth-order valence-corrected chi connectivity index (χ4v) is 6.29. The molecule has 4 aromatic carbocycles. The Balaban J connectivity index is 1.19. The number of carbonyl (C=O) groups excluding carboxylic acids is 2. The molecular weight excluding hydrogens is 496 g/mol. The minimum atomic E-state index is -0.170. The number of fused-ring (bicyclic) bond motifs is 2. The van der Waals surface area contributed by atoms with Crippen molar-refractivity contribution in [1.29, 1.82) is 0 Å².